The molecule has 0 saturated carbocycles. The fraction of sp³-hybridized carbons (Fsp3) is 0.423. The van der Waals surface area contributed by atoms with E-state index in [1.165, 1.54) is 30.1 Å². The molecule has 0 radical (unpaired) electrons. The summed E-state index contributed by atoms with van der Waals surface area (Å²) in [5.74, 6) is 0.648. The fourth-order valence-electron chi connectivity index (χ4n) is 4.36. The Morgan fingerprint density at radius 3 is 2.66 bits per heavy atom. The van der Waals surface area contributed by atoms with Gasteiger partial charge in [0.1, 0.15) is 34.9 Å². The Labute approximate surface area is 238 Å². The van der Waals surface area contributed by atoms with Crippen LogP contribution in [-0.4, -0.2) is 79.4 Å². The van der Waals surface area contributed by atoms with E-state index in [0.29, 0.717) is 53.3 Å². The zero-order valence-electron chi connectivity index (χ0n) is 21.9. The summed E-state index contributed by atoms with van der Waals surface area (Å²) in [6.07, 6.45) is -0.774. The lowest BCUT2D eigenvalue weighted by molar-refractivity contribution is -0.138. The van der Waals surface area contributed by atoms with E-state index in [1.54, 1.807) is 12.1 Å². The smallest absolute Gasteiger partial charge is 0.405 e. The van der Waals surface area contributed by atoms with Crippen LogP contribution in [0, 0.1) is 0 Å². The van der Waals surface area contributed by atoms with E-state index in [-0.39, 0.29) is 22.8 Å². The summed E-state index contributed by atoms with van der Waals surface area (Å²) in [5.41, 5.74) is 1.38. The summed E-state index contributed by atoms with van der Waals surface area (Å²) in [6, 6.07) is 8.27. The first-order valence-corrected chi connectivity index (χ1v) is 15.5. The Bertz CT molecular complexity index is 1550. The first kappa shape index (κ1) is 29.2. The third-order valence-electron chi connectivity index (χ3n) is 6.30. The van der Waals surface area contributed by atoms with Gasteiger partial charge in [-0.1, -0.05) is 11.8 Å². The molecule has 0 bridgehead atoms. The van der Waals surface area contributed by atoms with Crippen molar-refractivity contribution < 1.29 is 40.6 Å². The van der Waals surface area contributed by atoms with Crippen LogP contribution in [0.2, 0.25) is 0 Å². The minimum atomic E-state index is -4.46. The van der Waals surface area contributed by atoms with Gasteiger partial charge in [-0.15, -0.1) is 0 Å². The van der Waals surface area contributed by atoms with E-state index in [0.717, 1.165) is 24.5 Å². The van der Waals surface area contributed by atoms with Crippen LogP contribution in [0.3, 0.4) is 0 Å². The second kappa shape index (κ2) is 11.9. The Hall–Kier alpha value is -3.30. The van der Waals surface area contributed by atoms with Crippen LogP contribution >= 0.6 is 11.8 Å². The molecule has 0 aliphatic carbocycles. The van der Waals surface area contributed by atoms with E-state index in [4.69, 9.17) is 14.2 Å². The lowest BCUT2D eigenvalue weighted by Crippen LogP contribution is -2.35. The number of amides is 1. The Kier molecular flexibility index (Phi) is 8.47. The van der Waals surface area contributed by atoms with E-state index in [9.17, 15) is 26.4 Å². The second-order valence-electron chi connectivity index (χ2n) is 9.69. The molecular weight excluding hydrogens is 585 g/mol. The van der Waals surface area contributed by atoms with Crippen molar-refractivity contribution in [1.82, 2.24) is 15.3 Å². The van der Waals surface area contributed by atoms with Crippen molar-refractivity contribution >= 4 is 43.5 Å². The van der Waals surface area contributed by atoms with Crippen LogP contribution in [-0.2, 0) is 19.4 Å². The van der Waals surface area contributed by atoms with Gasteiger partial charge in [-0.25, -0.2) is 13.4 Å². The predicted octanol–water partition coefficient (Wildman–Crippen LogP) is 4.25. The minimum absolute atomic E-state index is 0.0647. The highest BCUT2D eigenvalue weighted by atomic mass is 32.2. The van der Waals surface area contributed by atoms with E-state index in [1.807, 2.05) is 11.4 Å². The van der Waals surface area contributed by atoms with Gasteiger partial charge in [0.15, 0.2) is 14.9 Å². The molecule has 10 nitrogen and oxygen atoms in total. The van der Waals surface area contributed by atoms with Crippen molar-refractivity contribution in [2.45, 2.75) is 41.8 Å². The number of alkyl halides is 3. The van der Waals surface area contributed by atoms with Gasteiger partial charge in [0.25, 0.3) is 0 Å². The molecule has 1 amide bonds. The van der Waals surface area contributed by atoms with Crippen molar-refractivity contribution in [1.29, 1.82) is 0 Å². The highest BCUT2D eigenvalue weighted by Crippen LogP contribution is 2.37. The topological polar surface area (TPSA) is 132 Å². The number of hydrogen-bond acceptors (Lipinski definition) is 9. The number of H-pyrrole nitrogens is 1. The molecule has 1 atom stereocenters. The number of halogens is 3. The Balaban J connectivity index is 1.36. The molecule has 2 aliphatic heterocycles. The third-order valence-corrected chi connectivity index (χ3v) is 8.52. The average Bonchev–Trinajstić information content (AvgIpc) is 3.55. The number of benzene rings is 1. The summed E-state index contributed by atoms with van der Waals surface area (Å²) >= 11 is 1.32. The number of thioether (sulfide) groups is 1. The molecule has 5 rings (SSSR count). The molecule has 15 heteroatoms. The number of nitrogens with zero attached hydrogens (tertiary/aromatic N) is 2. The highest BCUT2D eigenvalue weighted by molar-refractivity contribution is 8.15. The average molecular weight is 613 g/mol. The van der Waals surface area contributed by atoms with Gasteiger partial charge < -0.3 is 24.5 Å². The maximum Gasteiger partial charge on any atom is 0.405 e. The normalized spacial score (nSPS) is 18.3. The molecule has 2 aliphatic rings. The molecule has 1 aromatic carbocycles. The van der Waals surface area contributed by atoms with Crippen molar-refractivity contribution in [3.63, 3.8) is 0 Å². The quantitative estimate of drug-likeness (QED) is 0.367. The van der Waals surface area contributed by atoms with Gasteiger partial charge >= 0.3 is 6.18 Å². The van der Waals surface area contributed by atoms with Gasteiger partial charge in [-0.05, 0) is 24.3 Å². The number of ether oxygens (including phenoxy) is 3. The molecule has 41 heavy (non-hydrogen) atoms. The monoisotopic (exact) mass is 612 g/mol. The van der Waals surface area contributed by atoms with E-state index < -0.39 is 28.5 Å². The van der Waals surface area contributed by atoms with Gasteiger partial charge in [-0.3, -0.25) is 9.79 Å². The molecule has 1 unspecified atom stereocenters. The third kappa shape index (κ3) is 7.71. The summed E-state index contributed by atoms with van der Waals surface area (Å²) in [5, 5.41) is 2.94. The lowest BCUT2D eigenvalue weighted by Gasteiger charge is -2.24. The standard InChI is InChI=1S/C26H27F3N4O6S2/c1-41(35,36)23-3-2-17(12-30-23)38-18-8-15-9-20(33-24(15)21(10-18)39-16-4-6-37-7-5-16)25-31-13-19(40-25)11-22(34)32-14-26(27,28)29/h2-3,8-10,12,16,19,33H,4-7,11,13-14H2,1H3,(H,32,34). The fourth-order valence-corrected chi connectivity index (χ4v) is 6.00. The zero-order valence-corrected chi connectivity index (χ0v) is 23.5. The SMILES string of the molecule is CS(=O)(=O)c1ccc(Oc2cc(OC3CCOCC3)c3[nH]c(C4=NCC(CC(=O)NCC(F)(F)F)S4)cc3c2)cn1. The van der Waals surface area contributed by atoms with E-state index >= 15 is 0 Å². The first-order chi connectivity index (χ1) is 19.4. The van der Waals surface area contributed by atoms with Crippen molar-refractivity contribution in [3.8, 4) is 17.2 Å². The molecule has 1 saturated heterocycles. The second-order valence-corrected chi connectivity index (χ2v) is 12.9. The summed E-state index contributed by atoms with van der Waals surface area (Å²) in [7, 11) is -3.45. The molecule has 0 spiro atoms. The van der Waals surface area contributed by atoms with Crippen molar-refractivity contribution in [3.05, 3.63) is 42.2 Å². The van der Waals surface area contributed by atoms with Gasteiger partial charge in [0, 0.05) is 42.2 Å². The van der Waals surface area contributed by atoms with E-state index in [2.05, 4.69) is 15.0 Å². The van der Waals surface area contributed by atoms with Crippen LogP contribution in [0.5, 0.6) is 17.2 Å². The summed E-state index contributed by atoms with van der Waals surface area (Å²) < 4.78 is 78.4. The van der Waals surface area contributed by atoms with Crippen LogP contribution < -0.4 is 14.8 Å². The number of aromatic nitrogens is 2. The molecule has 4 heterocycles. The Morgan fingerprint density at radius 2 is 1.98 bits per heavy atom. The van der Waals surface area contributed by atoms with Crippen LogP contribution in [0.25, 0.3) is 10.9 Å². The van der Waals surface area contributed by atoms with Gasteiger partial charge in [0.2, 0.25) is 5.91 Å². The predicted molar refractivity (Wildman–Crippen MR) is 147 cm³/mol. The number of fused-ring (bicyclic) bond motifs is 1. The van der Waals surface area contributed by atoms with Crippen LogP contribution in [0.15, 0.2) is 46.5 Å². The van der Waals surface area contributed by atoms with Gasteiger partial charge in [-0.2, -0.15) is 13.2 Å². The minimum Gasteiger partial charge on any atom is -0.488 e. The van der Waals surface area contributed by atoms with Crippen molar-refractivity contribution in [2.75, 3.05) is 32.6 Å². The number of carbonyl (C=O) groups is 1. The molecule has 1 fully saturated rings. The highest BCUT2D eigenvalue weighted by Gasteiger charge is 2.30. The summed E-state index contributed by atoms with van der Waals surface area (Å²) in [6.45, 7) is 0.107. The molecule has 3 aromatic rings. The number of rotatable bonds is 9. The largest absolute Gasteiger partial charge is 0.488 e. The zero-order chi connectivity index (χ0) is 29.2. The maximum atomic E-state index is 12.4. The number of hydrogen-bond donors (Lipinski definition) is 2. The lowest BCUT2D eigenvalue weighted by atomic mass is 10.1. The van der Waals surface area contributed by atoms with Crippen molar-refractivity contribution in [2.24, 2.45) is 4.99 Å². The molecule has 2 N–H and O–H groups in total. The van der Waals surface area contributed by atoms with Gasteiger partial charge in [0.05, 0.1) is 37.2 Å². The molecule has 220 valence electrons. The van der Waals surface area contributed by atoms with Crippen LogP contribution in [0.4, 0.5) is 13.2 Å². The summed E-state index contributed by atoms with van der Waals surface area (Å²) in [4.78, 5) is 23.8. The number of sulfone groups is 1. The number of carbonyl (C=O) groups excluding carboxylic acids is 1. The number of aromatic amines is 1. The maximum absolute atomic E-state index is 12.4. The number of pyridine rings is 1. The molecular formula is C26H27F3N4O6S2. The Morgan fingerprint density at radius 1 is 1.20 bits per heavy atom. The van der Waals surface area contributed by atoms with Crippen LogP contribution in [0.1, 0.15) is 25.0 Å². The first-order valence-electron chi connectivity index (χ1n) is 12.7. The molecule has 2 aromatic heterocycles. The number of nitrogens with one attached hydrogen (secondary N) is 2. The number of aliphatic imine (C=N–C) groups is 1.